The molecule has 3 N–H and O–H groups in total. The number of rotatable bonds is 3. The van der Waals surface area contributed by atoms with Crippen molar-refractivity contribution in [1.82, 2.24) is 0 Å². The lowest BCUT2D eigenvalue weighted by atomic mass is 10.2. The Hall–Kier alpha value is -1.86. The van der Waals surface area contributed by atoms with E-state index in [0.717, 1.165) is 0 Å². The smallest absolute Gasteiger partial charge is 0.355 e. The Labute approximate surface area is 110 Å². The minimum Gasteiger partial charge on any atom is -0.422 e. The predicted molar refractivity (Wildman–Crippen MR) is 72.6 cm³/mol. The highest BCUT2D eigenvalue weighted by Gasteiger charge is 2.24. The Balaban J connectivity index is 2.74. The summed E-state index contributed by atoms with van der Waals surface area (Å²) in [6.45, 7) is 3.03. The van der Waals surface area contributed by atoms with E-state index in [4.69, 9.17) is 10.3 Å². The molecule has 0 aliphatic rings. The standard InChI is InChI=1S/C12H14N2O4S/c1-7(2)19(16,17)11-5-8-3-4-9(14-13)6-10(8)18-12(11)15/h3-7,14H,13H2,1-2H3. The third-order valence-electron chi connectivity index (χ3n) is 2.80. The van der Waals surface area contributed by atoms with Crippen LogP contribution in [0, 0.1) is 0 Å². The van der Waals surface area contributed by atoms with Crippen molar-refractivity contribution in [3.63, 3.8) is 0 Å². The lowest BCUT2D eigenvalue weighted by molar-refractivity contribution is 0.530. The quantitative estimate of drug-likeness (QED) is 0.499. The second-order valence-corrected chi connectivity index (χ2v) is 6.86. The van der Waals surface area contributed by atoms with Gasteiger partial charge in [0.25, 0.3) is 0 Å². The molecule has 0 unspecified atom stereocenters. The second kappa shape index (κ2) is 4.67. The molecule has 0 atom stereocenters. The summed E-state index contributed by atoms with van der Waals surface area (Å²) >= 11 is 0. The van der Waals surface area contributed by atoms with E-state index in [0.29, 0.717) is 11.1 Å². The topological polar surface area (TPSA) is 102 Å². The first-order chi connectivity index (χ1) is 8.86. The van der Waals surface area contributed by atoms with Crippen molar-refractivity contribution in [1.29, 1.82) is 0 Å². The van der Waals surface area contributed by atoms with E-state index in [1.807, 2.05) is 0 Å². The van der Waals surface area contributed by atoms with Crippen molar-refractivity contribution >= 4 is 26.5 Å². The molecule has 1 aromatic carbocycles. The number of sulfone groups is 1. The summed E-state index contributed by atoms with van der Waals surface area (Å²) in [4.78, 5) is 11.5. The molecule has 1 heterocycles. The summed E-state index contributed by atoms with van der Waals surface area (Å²) in [5.74, 6) is 5.25. The van der Waals surface area contributed by atoms with Crippen molar-refractivity contribution in [2.45, 2.75) is 24.0 Å². The third kappa shape index (κ3) is 2.34. The van der Waals surface area contributed by atoms with Crippen LogP contribution in [0.25, 0.3) is 11.0 Å². The molecule has 0 aliphatic heterocycles. The molecule has 2 aromatic rings. The predicted octanol–water partition coefficient (Wildman–Crippen LogP) is 1.26. The van der Waals surface area contributed by atoms with E-state index in [2.05, 4.69) is 5.43 Å². The van der Waals surface area contributed by atoms with Crippen molar-refractivity contribution in [3.05, 3.63) is 34.7 Å². The van der Waals surface area contributed by atoms with Crippen LogP contribution < -0.4 is 16.9 Å². The van der Waals surface area contributed by atoms with Crippen LogP contribution in [0.2, 0.25) is 0 Å². The minimum absolute atomic E-state index is 0.281. The molecule has 102 valence electrons. The van der Waals surface area contributed by atoms with Crippen LogP contribution in [-0.2, 0) is 9.84 Å². The van der Waals surface area contributed by atoms with Crippen LogP contribution in [-0.4, -0.2) is 13.7 Å². The summed E-state index contributed by atoms with van der Waals surface area (Å²) in [7, 11) is -3.66. The van der Waals surface area contributed by atoms with Gasteiger partial charge in [-0.3, -0.25) is 5.84 Å². The van der Waals surface area contributed by atoms with E-state index < -0.39 is 20.7 Å². The first-order valence-corrected chi connectivity index (χ1v) is 7.19. The minimum atomic E-state index is -3.66. The van der Waals surface area contributed by atoms with Crippen LogP contribution >= 0.6 is 0 Å². The van der Waals surface area contributed by atoms with E-state index in [1.54, 1.807) is 12.1 Å². The highest BCUT2D eigenvalue weighted by Crippen LogP contribution is 2.21. The van der Waals surface area contributed by atoms with Crippen molar-refractivity contribution in [3.8, 4) is 0 Å². The average molecular weight is 282 g/mol. The van der Waals surface area contributed by atoms with Gasteiger partial charge < -0.3 is 9.84 Å². The van der Waals surface area contributed by atoms with Gasteiger partial charge in [-0.15, -0.1) is 0 Å². The Morgan fingerprint density at radius 3 is 2.53 bits per heavy atom. The number of hydrogen-bond acceptors (Lipinski definition) is 6. The molecule has 0 bridgehead atoms. The molecule has 0 fully saturated rings. The normalized spacial score (nSPS) is 12.0. The Morgan fingerprint density at radius 1 is 1.26 bits per heavy atom. The van der Waals surface area contributed by atoms with E-state index in [1.165, 1.54) is 26.0 Å². The van der Waals surface area contributed by atoms with Crippen LogP contribution in [0.1, 0.15) is 13.8 Å². The van der Waals surface area contributed by atoms with E-state index >= 15 is 0 Å². The summed E-state index contributed by atoms with van der Waals surface area (Å²) in [5.41, 5.74) is 2.40. The molecule has 1 aromatic heterocycles. The van der Waals surface area contributed by atoms with Gasteiger partial charge in [0.1, 0.15) is 5.58 Å². The maximum Gasteiger partial charge on any atom is 0.355 e. The van der Waals surface area contributed by atoms with Crippen molar-refractivity contribution < 1.29 is 12.8 Å². The molecule has 0 saturated heterocycles. The monoisotopic (exact) mass is 282 g/mol. The van der Waals surface area contributed by atoms with Crippen LogP contribution in [0.15, 0.2) is 38.4 Å². The molecule has 2 rings (SSSR count). The Morgan fingerprint density at radius 2 is 1.95 bits per heavy atom. The van der Waals surface area contributed by atoms with Gasteiger partial charge in [0.15, 0.2) is 14.7 Å². The van der Waals surface area contributed by atoms with Gasteiger partial charge >= 0.3 is 5.63 Å². The summed E-state index contributed by atoms with van der Waals surface area (Å²) < 4.78 is 29.1. The molecule has 0 radical (unpaired) electrons. The van der Waals surface area contributed by atoms with Gasteiger partial charge in [0.2, 0.25) is 0 Å². The van der Waals surface area contributed by atoms with Gasteiger partial charge in [-0.25, -0.2) is 13.2 Å². The number of hydrogen-bond donors (Lipinski definition) is 2. The first-order valence-electron chi connectivity index (χ1n) is 5.64. The summed E-state index contributed by atoms with van der Waals surface area (Å²) in [6.07, 6.45) is 0. The SMILES string of the molecule is CC(C)S(=O)(=O)c1cc2ccc(NN)cc2oc1=O. The highest BCUT2D eigenvalue weighted by molar-refractivity contribution is 7.92. The fraction of sp³-hybridized carbons (Fsp3) is 0.250. The molecule has 0 spiro atoms. The Kier molecular flexibility index (Phi) is 3.34. The van der Waals surface area contributed by atoms with Gasteiger partial charge in [-0.2, -0.15) is 0 Å². The molecule has 0 saturated carbocycles. The fourth-order valence-corrected chi connectivity index (χ4v) is 2.71. The second-order valence-electron chi connectivity index (χ2n) is 4.39. The molecule has 19 heavy (non-hydrogen) atoms. The maximum absolute atomic E-state index is 12.0. The van der Waals surface area contributed by atoms with E-state index in [9.17, 15) is 13.2 Å². The number of nitrogens with one attached hydrogen (secondary N) is 1. The number of anilines is 1. The number of nitrogens with two attached hydrogens (primary N) is 1. The zero-order valence-corrected chi connectivity index (χ0v) is 11.3. The van der Waals surface area contributed by atoms with Gasteiger partial charge in [-0.05, 0) is 32.0 Å². The first kappa shape index (κ1) is 13.6. The zero-order valence-electron chi connectivity index (χ0n) is 10.5. The number of fused-ring (bicyclic) bond motifs is 1. The van der Waals surface area contributed by atoms with Crippen LogP contribution in [0.3, 0.4) is 0 Å². The number of hydrazine groups is 1. The highest BCUT2D eigenvalue weighted by atomic mass is 32.2. The molecule has 0 aliphatic carbocycles. The molecular formula is C12H14N2O4S. The largest absolute Gasteiger partial charge is 0.422 e. The number of nitrogen functional groups attached to an aromatic ring is 1. The molecule has 6 nitrogen and oxygen atoms in total. The summed E-state index contributed by atoms with van der Waals surface area (Å²) in [5, 5.41) is -0.157. The Bertz CT molecular complexity index is 778. The van der Waals surface area contributed by atoms with E-state index in [-0.39, 0.29) is 10.5 Å². The summed E-state index contributed by atoms with van der Waals surface area (Å²) in [6, 6.07) is 6.15. The van der Waals surface area contributed by atoms with Crippen molar-refractivity contribution in [2.75, 3.05) is 5.43 Å². The van der Waals surface area contributed by atoms with Crippen LogP contribution in [0.5, 0.6) is 0 Å². The zero-order chi connectivity index (χ0) is 14.2. The maximum atomic E-state index is 12.0. The number of benzene rings is 1. The average Bonchev–Trinajstić information content (AvgIpc) is 2.36. The van der Waals surface area contributed by atoms with Gasteiger partial charge in [0.05, 0.1) is 10.9 Å². The molecule has 7 heteroatoms. The van der Waals surface area contributed by atoms with Crippen molar-refractivity contribution in [2.24, 2.45) is 5.84 Å². The lowest BCUT2D eigenvalue weighted by Gasteiger charge is -2.07. The van der Waals surface area contributed by atoms with Crippen LogP contribution in [0.4, 0.5) is 5.69 Å². The van der Waals surface area contributed by atoms with Gasteiger partial charge in [0, 0.05) is 11.5 Å². The van der Waals surface area contributed by atoms with Gasteiger partial charge in [-0.1, -0.05) is 0 Å². The third-order valence-corrected chi connectivity index (χ3v) is 4.94. The molecular weight excluding hydrogens is 268 g/mol. The fourth-order valence-electron chi connectivity index (χ4n) is 1.63. The molecule has 0 amide bonds. The lowest BCUT2D eigenvalue weighted by Crippen LogP contribution is -2.21.